The minimum Gasteiger partial charge on any atom is -0.495 e. The van der Waals surface area contributed by atoms with Crippen molar-refractivity contribution in [3.63, 3.8) is 0 Å². The highest BCUT2D eigenvalue weighted by Gasteiger charge is 2.22. The summed E-state index contributed by atoms with van der Waals surface area (Å²) >= 11 is 0. The summed E-state index contributed by atoms with van der Waals surface area (Å²) in [6, 6.07) is 10.8. The highest BCUT2D eigenvalue weighted by molar-refractivity contribution is 7.90. The second-order valence-electron chi connectivity index (χ2n) is 7.79. The first-order valence-corrected chi connectivity index (χ1v) is 11.8. The van der Waals surface area contributed by atoms with E-state index >= 15 is 0 Å². The molecule has 2 aromatic heterocycles. The van der Waals surface area contributed by atoms with Crippen molar-refractivity contribution in [3.05, 3.63) is 77.4 Å². The topological polar surface area (TPSA) is 95.2 Å². The van der Waals surface area contributed by atoms with Gasteiger partial charge in [-0.05, 0) is 61.9 Å². The lowest BCUT2D eigenvalue weighted by Crippen LogP contribution is -2.29. The van der Waals surface area contributed by atoms with Crippen LogP contribution in [0, 0.1) is 19.7 Å². The summed E-state index contributed by atoms with van der Waals surface area (Å²) in [6.07, 6.45) is 4.42. The van der Waals surface area contributed by atoms with Gasteiger partial charge >= 0.3 is 0 Å². The molecule has 0 saturated carbocycles. The number of carbonyl (C=O) groups excluding carboxylic acids is 1. The smallest absolute Gasteiger partial charge is 0.267 e. The molecule has 0 saturated heterocycles. The zero-order valence-corrected chi connectivity index (χ0v) is 19.9. The number of aromatic nitrogens is 3. The van der Waals surface area contributed by atoms with E-state index in [1.165, 1.54) is 31.4 Å². The number of sulfonamides is 1. The van der Waals surface area contributed by atoms with Crippen molar-refractivity contribution in [2.45, 2.75) is 18.7 Å². The Morgan fingerprint density at radius 1 is 1.15 bits per heavy atom. The first-order valence-electron chi connectivity index (χ1n) is 10.3. The number of carbonyl (C=O) groups is 1. The molecule has 0 bridgehead atoms. The number of aryl methyl sites for hydroxylation is 3. The molecule has 0 spiro atoms. The van der Waals surface area contributed by atoms with E-state index in [1.807, 2.05) is 9.29 Å². The molecule has 0 unspecified atom stereocenters. The van der Waals surface area contributed by atoms with Crippen LogP contribution in [-0.2, 0) is 21.9 Å². The second-order valence-corrected chi connectivity index (χ2v) is 9.44. The number of benzene rings is 2. The van der Waals surface area contributed by atoms with Gasteiger partial charge in [0.05, 0.1) is 18.3 Å². The average molecular weight is 483 g/mol. The van der Waals surface area contributed by atoms with E-state index in [9.17, 15) is 17.6 Å². The first kappa shape index (κ1) is 23.2. The lowest BCUT2D eigenvalue weighted by Gasteiger charge is -2.10. The number of nitrogens with one attached hydrogen (secondary N) is 1. The quantitative estimate of drug-likeness (QED) is 0.424. The zero-order valence-electron chi connectivity index (χ0n) is 19.0. The summed E-state index contributed by atoms with van der Waals surface area (Å²) < 4.78 is 49.8. The average Bonchev–Trinajstić information content (AvgIpc) is 3.30. The van der Waals surface area contributed by atoms with Gasteiger partial charge in [-0.1, -0.05) is 6.07 Å². The number of halogens is 1. The number of methoxy groups -OCH3 is 1. The Labute approximate surface area is 196 Å². The molecule has 0 radical (unpaired) electrons. The maximum Gasteiger partial charge on any atom is 0.267 e. The van der Waals surface area contributed by atoms with Crippen molar-refractivity contribution >= 4 is 32.9 Å². The molecule has 176 valence electrons. The molecule has 8 nitrogen and oxygen atoms in total. The summed E-state index contributed by atoms with van der Waals surface area (Å²) in [4.78, 5) is 12.4. The lowest BCUT2D eigenvalue weighted by atomic mass is 10.2. The summed E-state index contributed by atoms with van der Waals surface area (Å²) in [6.45, 7) is 3.58. The minimum absolute atomic E-state index is 0.133. The molecule has 34 heavy (non-hydrogen) atoms. The summed E-state index contributed by atoms with van der Waals surface area (Å²) in [5.74, 6) is -0.372. The number of nitrogens with zero attached hydrogens (tertiary/aromatic N) is 3. The molecule has 1 N–H and O–H groups in total. The van der Waals surface area contributed by atoms with Gasteiger partial charge in [0.1, 0.15) is 22.3 Å². The molecule has 1 amide bonds. The van der Waals surface area contributed by atoms with Crippen molar-refractivity contribution < 1.29 is 22.3 Å². The summed E-state index contributed by atoms with van der Waals surface area (Å²) in [7, 11) is -1.04. The van der Waals surface area contributed by atoms with Crippen LogP contribution in [0.25, 0.3) is 22.8 Å². The normalized spacial score (nSPS) is 11.9. The van der Waals surface area contributed by atoms with Gasteiger partial charge in [0.2, 0.25) is 0 Å². The van der Waals surface area contributed by atoms with Crippen LogP contribution in [0.3, 0.4) is 0 Å². The Bertz CT molecular complexity index is 1550. The predicted molar refractivity (Wildman–Crippen MR) is 127 cm³/mol. The molecule has 0 fully saturated rings. The number of ether oxygens (including phenoxy) is 1. The molecule has 4 rings (SSSR count). The number of hydrogen-bond acceptors (Lipinski definition) is 5. The van der Waals surface area contributed by atoms with Gasteiger partial charge in [-0.15, -0.1) is 0 Å². The van der Waals surface area contributed by atoms with Crippen LogP contribution in [-0.4, -0.2) is 35.8 Å². The molecule has 10 heteroatoms. The van der Waals surface area contributed by atoms with Crippen LogP contribution in [0.5, 0.6) is 5.75 Å². The standard InChI is InChI=1S/C24H23FN4O4S/c1-15-5-9-22(21(13-15)33-4)34(31,32)27-23(30)10-7-19-16(2)26-28(3)24(19)29-12-11-17-14-18(25)6-8-20(17)29/h5-14H,1-4H3,(H,27,30). The van der Waals surface area contributed by atoms with Crippen LogP contribution in [0.2, 0.25) is 0 Å². The molecule has 0 aliphatic rings. The third kappa shape index (κ3) is 4.32. The summed E-state index contributed by atoms with van der Waals surface area (Å²) in [5.41, 5.74) is 2.83. The van der Waals surface area contributed by atoms with Crippen LogP contribution in [0.1, 0.15) is 16.8 Å². The Kier molecular flexibility index (Phi) is 6.01. The molecular formula is C24H23FN4O4S. The fraction of sp³-hybridized carbons (Fsp3) is 0.167. The van der Waals surface area contributed by atoms with Crippen LogP contribution in [0.4, 0.5) is 4.39 Å². The Balaban J connectivity index is 1.65. The Hall–Kier alpha value is -3.92. The molecule has 0 atom stereocenters. The fourth-order valence-corrected chi connectivity index (χ4v) is 4.92. The number of hydrogen-bond donors (Lipinski definition) is 1. The molecular weight excluding hydrogens is 459 g/mol. The van der Waals surface area contributed by atoms with Gasteiger partial charge in [0.15, 0.2) is 0 Å². The highest BCUT2D eigenvalue weighted by atomic mass is 32.2. The molecule has 2 heterocycles. The molecule has 2 aromatic carbocycles. The Morgan fingerprint density at radius 2 is 1.91 bits per heavy atom. The predicted octanol–water partition coefficient (Wildman–Crippen LogP) is 3.65. The molecule has 0 aliphatic carbocycles. The maximum absolute atomic E-state index is 13.6. The van der Waals surface area contributed by atoms with E-state index < -0.39 is 15.9 Å². The van der Waals surface area contributed by atoms with Gasteiger partial charge in [0.25, 0.3) is 15.9 Å². The Morgan fingerprint density at radius 3 is 2.65 bits per heavy atom. The SMILES string of the molecule is COc1cc(C)ccc1S(=O)(=O)NC(=O)C=Cc1c(C)nn(C)c1-n1ccc2cc(F)ccc21. The van der Waals surface area contributed by atoms with Crippen molar-refractivity contribution in [2.75, 3.05) is 7.11 Å². The zero-order chi connectivity index (χ0) is 24.6. The minimum atomic E-state index is -4.15. The second kappa shape index (κ2) is 8.79. The van der Waals surface area contributed by atoms with Gasteiger partial charge in [0, 0.05) is 30.3 Å². The van der Waals surface area contributed by atoms with E-state index in [-0.39, 0.29) is 16.5 Å². The van der Waals surface area contributed by atoms with Crippen molar-refractivity contribution in [3.8, 4) is 11.6 Å². The monoisotopic (exact) mass is 482 g/mol. The van der Waals surface area contributed by atoms with Gasteiger partial charge in [-0.3, -0.25) is 9.48 Å². The third-order valence-electron chi connectivity index (χ3n) is 5.36. The number of rotatable bonds is 6. The van der Waals surface area contributed by atoms with Crippen molar-refractivity contribution in [1.29, 1.82) is 0 Å². The lowest BCUT2D eigenvalue weighted by molar-refractivity contribution is -0.114. The summed E-state index contributed by atoms with van der Waals surface area (Å²) in [5, 5.41) is 5.14. The first-order chi connectivity index (χ1) is 16.1. The largest absolute Gasteiger partial charge is 0.495 e. The van der Waals surface area contributed by atoms with Crippen LogP contribution >= 0.6 is 0 Å². The fourth-order valence-electron chi connectivity index (χ4n) is 3.82. The van der Waals surface area contributed by atoms with Gasteiger partial charge in [-0.25, -0.2) is 17.5 Å². The van der Waals surface area contributed by atoms with Crippen molar-refractivity contribution in [2.24, 2.45) is 7.05 Å². The van der Waals surface area contributed by atoms with Crippen LogP contribution < -0.4 is 9.46 Å². The molecule has 4 aromatic rings. The van der Waals surface area contributed by atoms with E-state index in [2.05, 4.69) is 5.10 Å². The number of fused-ring (bicyclic) bond motifs is 1. The van der Waals surface area contributed by atoms with Crippen LogP contribution in [0.15, 0.2) is 59.6 Å². The highest BCUT2D eigenvalue weighted by Crippen LogP contribution is 2.27. The van der Waals surface area contributed by atoms with Gasteiger partial charge < -0.3 is 9.30 Å². The van der Waals surface area contributed by atoms with E-state index in [4.69, 9.17) is 4.74 Å². The van der Waals surface area contributed by atoms with E-state index in [0.29, 0.717) is 22.5 Å². The molecule has 0 aliphatic heterocycles. The van der Waals surface area contributed by atoms with E-state index in [1.54, 1.807) is 56.0 Å². The van der Waals surface area contributed by atoms with Crippen molar-refractivity contribution in [1.82, 2.24) is 19.1 Å². The van der Waals surface area contributed by atoms with E-state index in [0.717, 1.165) is 17.2 Å². The third-order valence-corrected chi connectivity index (χ3v) is 6.75. The maximum atomic E-state index is 13.6. The van der Waals surface area contributed by atoms with Gasteiger partial charge in [-0.2, -0.15) is 5.10 Å². The number of amides is 1.